The molecular formula is C31H31ClFN5O3S. The number of methoxy groups -OCH3 is 1. The summed E-state index contributed by atoms with van der Waals surface area (Å²) >= 11 is 7.74. The number of thioether (sulfide) groups is 1. The van der Waals surface area contributed by atoms with Gasteiger partial charge in [0.2, 0.25) is 11.1 Å². The van der Waals surface area contributed by atoms with Crippen molar-refractivity contribution >= 4 is 40.9 Å². The van der Waals surface area contributed by atoms with E-state index in [0.717, 1.165) is 23.3 Å². The quantitative estimate of drug-likeness (QED) is 0.182. The van der Waals surface area contributed by atoms with Crippen LogP contribution in [0.2, 0.25) is 5.02 Å². The Morgan fingerprint density at radius 1 is 1.14 bits per heavy atom. The second-order valence-electron chi connectivity index (χ2n) is 9.80. The summed E-state index contributed by atoms with van der Waals surface area (Å²) < 4.78 is 27.7. The lowest BCUT2D eigenvalue weighted by atomic mass is 9.94. The van der Waals surface area contributed by atoms with Crippen molar-refractivity contribution in [3.63, 3.8) is 0 Å². The Kier molecular flexibility index (Phi) is 9.03. The van der Waals surface area contributed by atoms with Gasteiger partial charge in [-0.1, -0.05) is 54.6 Å². The molecule has 4 aromatic rings. The van der Waals surface area contributed by atoms with Crippen molar-refractivity contribution in [3.05, 3.63) is 99.5 Å². The molecule has 1 atom stereocenters. The minimum atomic E-state index is -0.613. The van der Waals surface area contributed by atoms with Crippen LogP contribution in [-0.2, 0) is 11.4 Å². The lowest BCUT2D eigenvalue weighted by molar-refractivity contribution is -0.113. The Balaban J connectivity index is 1.52. The van der Waals surface area contributed by atoms with Gasteiger partial charge in [0.15, 0.2) is 11.5 Å². The van der Waals surface area contributed by atoms with E-state index in [9.17, 15) is 9.18 Å². The third-order valence-corrected chi connectivity index (χ3v) is 8.12. The van der Waals surface area contributed by atoms with Crippen molar-refractivity contribution in [3.8, 4) is 11.5 Å². The molecular weight excluding hydrogens is 577 g/mol. The van der Waals surface area contributed by atoms with Crippen molar-refractivity contribution in [1.82, 2.24) is 14.8 Å². The highest BCUT2D eigenvalue weighted by molar-refractivity contribution is 7.99. The summed E-state index contributed by atoms with van der Waals surface area (Å²) in [6, 6.07) is 16.9. The molecule has 1 aromatic heterocycles. The second kappa shape index (κ2) is 12.9. The zero-order chi connectivity index (χ0) is 29.8. The monoisotopic (exact) mass is 607 g/mol. The molecule has 0 fully saturated rings. The highest BCUT2D eigenvalue weighted by atomic mass is 35.5. The lowest BCUT2D eigenvalue weighted by Crippen LogP contribution is -2.31. The maximum atomic E-state index is 14.3. The van der Waals surface area contributed by atoms with Crippen LogP contribution < -0.4 is 20.1 Å². The van der Waals surface area contributed by atoms with Crippen molar-refractivity contribution in [2.45, 2.75) is 45.0 Å². The summed E-state index contributed by atoms with van der Waals surface area (Å²) in [7, 11) is 1.53. The summed E-state index contributed by atoms with van der Waals surface area (Å²) in [6.45, 7) is 5.84. The Hall–Kier alpha value is -4.02. The van der Waals surface area contributed by atoms with Gasteiger partial charge in [-0.15, -0.1) is 5.10 Å². The van der Waals surface area contributed by atoms with E-state index in [4.69, 9.17) is 26.2 Å². The number of hydrogen-bond acceptors (Lipinski definition) is 7. The summed E-state index contributed by atoms with van der Waals surface area (Å²) in [6.07, 6.45) is 0.976. The molecule has 1 unspecified atom stereocenters. The molecule has 0 aliphatic carbocycles. The van der Waals surface area contributed by atoms with Gasteiger partial charge in [-0.05, 0) is 67.8 Å². The van der Waals surface area contributed by atoms with Crippen molar-refractivity contribution < 1.29 is 18.7 Å². The first-order valence-corrected chi connectivity index (χ1v) is 14.8. The van der Waals surface area contributed by atoms with Gasteiger partial charge in [-0.2, -0.15) is 4.98 Å². The van der Waals surface area contributed by atoms with Gasteiger partial charge in [0, 0.05) is 22.7 Å². The molecule has 0 saturated heterocycles. The van der Waals surface area contributed by atoms with Gasteiger partial charge in [0.05, 0.1) is 17.7 Å². The molecule has 2 N–H and O–H groups in total. The first-order chi connectivity index (χ1) is 20.3. The maximum Gasteiger partial charge on any atom is 0.255 e. The van der Waals surface area contributed by atoms with Gasteiger partial charge in [-0.3, -0.25) is 4.79 Å². The number of aryl methyl sites for hydroxylation is 1. The number of halogens is 2. The number of anilines is 2. The number of allylic oxidation sites excluding steroid dienone is 1. The number of amides is 1. The summed E-state index contributed by atoms with van der Waals surface area (Å²) in [5, 5.41) is 12.0. The molecule has 0 saturated carbocycles. The molecule has 8 nitrogen and oxygen atoms in total. The molecule has 5 rings (SSSR count). The molecule has 42 heavy (non-hydrogen) atoms. The fraction of sp³-hybridized carbons (Fsp3) is 0.258. The fourth-order valence-electron chi connectivity index (χ4n) is 4.70. The molecule has 218 valence electrons. The lowest BCUT2D eigenvalue weighted by Gasteiger charge is -2.29. The number of nitrogens with zero attached hydrogens (tertiary/aromatic N) is 3. The molecule has 0 spiro atoms. The number of nitrogens with one attached hydrogen (secondary N) is 2. The molecule has 11 heteroatoms. The Morgan fingerprint density at radius 2 is 1.95 bits per heavy atom. The van der Waals surface area contributed by atoms with Gasteiger partial charge in [0.1, 0.15) is 18.5 Å². The highest BCUT2D eigenvalue weighted by Gasteiger charge is 2.35. The van der Waals surface area contributed by atoms with Gasteiger partial charge >= 0.3 is 0 Å². The van der Waals surface area contributed by atoms with Crippen LogP contribution in [0, 0.1) is 12.7 Å². The molecule has 1 aliphatic rings. The second-order valence-corrected chi connectivity index (χ2v) is 11.3. The normalized spacial score (nSPS) is 14.3. The van der Waals surface area contributed by atoms with E-state index in [0.29, 0.717) is 39.6 Å². The Bertz CT molecular complexity index is 1640. The Labute approximate surface area is 253 Å². The van der Waals surface area contributed by atoms with Gasteiger partial charge in [0.25, 0.3) is 5.91 Å². The number of carbonyl (C=O) groups excluding carboxylic acids is 1. The van der Waals surface area contributed by atoms with E-state index >= 15 is 0 Å². The van der Waals surface area contributed by atoms with Crippen LogP contribution in [0.4, 0.5) is 16.0 Å². The van der Waals surface area contributed by atoms with E-state index < -0.39 is 11.9 Å². The van der Waals surface area contributed by atoms with Crippen LogP contribution in [0.1, 0.15) is 43.0 Å². The number of benzene rings is 3. The van der Waals surface area contributed by atoms with Crippen LogP contribution in [0.5, 0.6) is 11.5 Å². The zero-order valence-electron chi connectivity index (χ0n) is 23.7. The van der Waals surface area contributed by atoms with Crippen LogP contribution in [-0.4, -0.2) is 33.5 Å². The maximum absolute atomic E-state index is 14.3. The third-order valence-electron chi connectivity index (χ3n) is 6.73. The van der Waals surface area contributed by atoms with E-state index in [1.807, 2.05) is 44.2 Å². The average molecular weight is 608 g/mol. The van der Waals surface area contributed by atoms with Crippen LogP contribution in [0.15, 0.2) is 77.1 Å². The SMILES string of the molecule is CCCSc1nc2n(n1)C(c1ccc(OCc3c(F)cccc3Cl)c(OC)c1)C(C(=O)Nc1cccc(C)c1)=C(C)N2. The topological polar surface area (TPSA) is 90.3 Å². The van der Waals surface area contributed by atoms with Gasteiger partial charge in [-0.25, -0.2) is 9.07 Å². The molecule has 2 heterocycles. The summed E-state index contributed by atoms with van der Waals surface area (Å²) in [5.41, 5.74) is 3.85. The van der Waals surface area contributed by atoms with E-state index in [1.165, 1.54) is 13.2 Å². The molecule has 0 radical (unpaired) electrons. The third kappa shape index (κ3) is 6.24. The van der Waals surface area contributed by atoms with E-state index in [-0.39, 0.29) is 23.1 Å². The van der Waals surface area contributed by atoms with Crippen LogP contribution in [0.25, 0.3) is 0 Å². The van der Waals surface area contributed by atoms with E-state index in [2.05, 4.69) is 22.5 Å². The fourth-order valence-corrected chi connectivity index (χ4v) is 5.60. The molecule has 0 bridgehead atoms. The van der Waals surface area contributed by atoms with E-state index in [1.54, 1.807) is 40.7 Å². The molecule has 1 amide bonds. The zero-order valence-corrected chi connectivity index (χ0v) is 25.3. The number of rotatable bonds is 10. The predicted molar refractivity (Wildman–Crippen MR) is 164 cm³/mol. The summed E-state index contributed by atoms with van der Waals surface area (Å²) in [5.74, 6) is 1.50. The summed E-state index contributed by atoms with van der Waals surface area (Å²) in [4.78, 5) is 18.5. The number of aromatic nitrogens is 3. The first kappa shape index (κ1) is 29.5. The van der Waals surface area contributed by atoms with Gasteiger partial charge < -0.3 is 20.1 Å². The molecule has 3 aromatic carbocycles. The Morgan fingerprint density at radius 3 is 2.69 bits per heavy atom. The molecule has 1 aliphatic heterocycles. The number of fused-ring (bicyclic) bond motifs is 1. The first-order valence-electron chi connectivity index (χ1n) is 13.5. The minimum Gasteiger partial charge on any atom is -0.493 e. The number of ether oxygens (including phenoxy) is 2. The standard InChI is InChI=1S/C31H31ClFN5O3S/c1-5-14-42-31-36-30-34-19(3)27(29(39)35-21-9-6-8-18(2)15-21)28(38(30)37-31)20-12-13-25(26(16-20)40-4)41-17-22-23(32)10-7-11-24(22)33/h6-13,15-16,28H,5,14,17H2,1-4H3,(H,35,39)(H,34,36,37). The van der Waals surface area contributed by atoms with Crippen molar-refractivity contribution in [2.75, 3.05) is 23.5 Å². The predicted octanol–water partition coefficient (Wildman–Crippen LogP) is 7.40. The van der Waals surface area contributed by atoms with Crippen LogP contribution in [0.3, 0.4) is 0 Å². The number of hydrogen-bond donors (Lipinski definition) is 2. The largest absolute Gasteiger partial charge is 0.493 e. The average Bonchev–Trinajstić information content (AvgIpc) is 3.37. The smallest absolute Gasteiger partial charge is 0.255 e. The van der Waals surface area contributed by atoms with Crippen molar-refractivity contribution in [2.24, 2.45) is 0 Å². The number of carbonyl (C=O) groups is 1. The van der Waals surface area contributed by atoms with Crippen LogP contribution >= 0.6 is 23.4 Å². The van der Waals surface area contributed by atoms with Crippen molar-refractivity contribution in [1.29, 1.82) is 0 Å². The highest BCUT2D eigenvalue weighted by Crippen LogP contribution is 2.40. The minimum absolute atomic E-state index is 0.0804.